The van der Waals surface area contributed by atoms with Gasteiger partial charge >= 0.3 is 0 Å². The van der Waals surface area contributed by atoms with E-state index >= 15 is 0 Å². The maximum absolute atomic E-state index is 6.28. The summed E-state index contributed by atoms with van der Waals surface area (Å²) in [6.45, 7) is 2.84. The fraction of sp³-hybridized carbons (Fsp3) is 0.333. The van der Waals surface area contributed by atoms with Gasteiger partial charge in [-0.1, -0.05) is 49.4 Å². The highest BCUT2D eigenvalue weighted by Gasteiger charge is 2.12. The van der Waals surface area contributed by atoms with E-state index in [-0.39, 0.29) is 6.04 Å². The van der Waals surface area contributed by atoms with Crippen LogP contribution in [0.1, 0.15) is 24.9 Å². The Morgan fingerprint density at radius 3 is 2.53 bits per heavy atom. The molecule has 0 saturated heterocycles. The molecule has 0 spiro atoms. The van der Waals surface area contributed by atoms with E-state index in [0.29, 0.717) is 12.5 Å². The van der Waals surface area contributed by atoms with Crippen LogP contribution in [0, 0.1) is 5.92 Å². The third kappa shape index (κ3) is 2.65. The molecule has 0 aliphatic carbocycles. The minimum Gasteiger partial charge on any atom is -0.330 e. The van der Waals surface area contributed by atoms with Crippen molar-refractivity contribution in [1.82, 2.24) is 0 Å². The Bertz CT molecular complexity index is 488. The summed E-state index contributed by atoms with van der Waals surface area (Å²) in [7, 11) is 0. The minimum absolute atomic E-state index is 0.0691. The van der Waals surface area contributed by atoms with Gasteiger partial charge in [-0.3, -0.25) is 0 Å². The fourth-order valence-electron chi connectivity index (χ4n) is 2.23. The first-order valence-corrected chi connectivity index (χ1v) is 6.15. The quantitative estimate of drug-likeness (QED) is 0.845. The van der Waals surface area contributed by atoms with Crippen LogP contribution in [0.3, 0.4) is 0 Å². The van der Waals surface area contributed by atoms with Gasteiger partial charge in [0, 0.05) is 6.04 Å². The van der Waals surface area contributed by atoms with Gasteiger partial charge in [0.25, 0.3) is 0 Å². The molecule has 2 heteroatoms. The third-order valence-corrected chi connectivity index (χ3v) is 3.28. The molecular weight excluding hydrogens is 208 g/mol. The van der Waals surface area contributed by atoms with E-state index in [0.717, 1.165) is 6.42 Å². The summed E-state index contributed by atoms with van der Waals surface area (Å²) in [6, 6.07) is 14.8. The van der Waals surface area contributed by atoms with Crippen LogP contribution in [0.2, 0.25) is 0 Å². The van der Waals surface area contributed by atoms with Crippen molar-refractivity contribution >= 4 is 10.8 Å². The van der Waals surface area contributed by atoms with Crippen molar-refractivity contribution in [3.63, 3.8) is 0 Å². The zero-order valence-corrected chi connectivity index (χ0v) is 10.3. The van der Waals surface area contributed by atoms with Gasteiger partial charge in [-0.25, -0.2) is 0 Å². The monoisotopic (exact) mass is 228 g/mol. The highest BCUT2D eigenvalue weighted by atomic mass is 14.6. The lowest BCUT2D eigenvalue weighted by molar-refractivity contribution is 0.484. The van der Waals surface area contributed by atoms with Crippen molar-refractivity contribution in [3.8, 4) is 0 Å². The molecule has 0 aliphatic rings. The molecule has 2 nitrogen and oxygen atoms in total. The highest BCUT2D eigenvalue weighted by molar-refractivity contribution is 5.86. The molecule has 0 radical (unpaired) electrons. The molecule has 2 aromatic rings. The summed E-state index contributed by atoms with van der Waals surface area (Å²) in [6.07, 6.45) is 0.935. The molecule has 17 heavy (non-hydrogen) atoms. The smallest absolute Gasteiger partial charge is 0.0304 e. The summed E-state index contributed by atoms with van der Waals surface area (Å²) in [4.78, 5) is 0. The van der Waals surface area contributed by atoms with Gasteiger partial charge in [-0.15, -0.1) is 0 Å². The van der Waals surface area contributed by atoms with Crippen molar-refractivity contribution in [2.24, 2.45) is 17.4 Å². The standard InChI is InChI=1S/C15H20N2/c1-11(10-16)9-15(17)14-8-4-6-12-5-2-3-7-13(12)14/h2-8,11,15H,9-10,16-17H2,1H3. The summed E-state index contributed by atoms with van der Waals surface area (Å²) in [5.74, 6) is 0.462. The van der Waals surface area contributed by atoms with Crippen LogP contribution in [0.15, 0.2) is 42.5 Å². The molecule has 2 unspecified atom stereocenters. The summed E-state index contributed by atoms with van der Waals surface area (Å²) in [5, 5.41) is 2.51. The van der Waals surface area contributed by atoms with E-state index in [1.54, 1.807) is 0 Å². The normalized spacial score (nSPS) is 14.8. The van der Waals surface area contributed by atoms with Crippen LogP contribution in [0.4, 0.5) is 0 Å². The first-order chi connectivity index (χ1) is 8.22. The maximum Gasteiger partial charge on any atom is 0.0304 e. The van der Waals surface area contributed by atoms with Crippen LogP contribution in [0.25, 0.3) is 10.8 Å². The van der Waals surface area contributed by atoms with Crippen LogP contribution < -0.4 is 11.5 Å². The van der Waals surface area contributed by atoms with Crippen LogP contribution in [0.5, 0.6) is 0 Å². The predicted molar refractivity (Wildman–Crippen MR) is 73.7 cm³/mol. The van der Waals surface area contributed by atoms with Gasteiger partial charge < -0.3 is 11.5 Å². The molecule has 0 heterocycles. The lowest BCUT2D eigenvalue weighted by atomic mass is 9.93. The molecular formula is C15H20N2. The van der Waals surface area contributed by atoms with Crippen LogP contribution >= 0.6 is 0 Å². The minimum atomic E-state index is 0.0691. The summed E-state index contributed by atoms with van der Waals surface area (Å²) < 4.78 is 0. The zero-order chi connectivity index (χ0) is 12.3. The number of hydrogen-bond acceptors (Lipinski definition) is 2. The Kier molecular flexibility index (Phi) is 3.77. The first-order valence-electron chi connectivity index (χ1n) is 6.15. The number of benzene rings is 2. The van der Waals surface area contributed by atoms with E-state index < -0.39 is 0 Å². The molecule has 0 saturated carbocycles. The van der Waals surface area contributed by atoms with Crippen molar-refractivity contribution < 1.29 is 0 Å². The van der Waals surface area contributed by atoms with Crippen LogP contribution in [-0.2, 0) is 0 Å². The number of nitrogens with two attached hydrogens (primary N) is 2. The Morgan fingerprint density at radius 1 is 1.06 bits per heavy atom. The average Bonchev–Trinajstić information content (AvgIpc) is 2.37. The zero-order valence-electron chi connectivity index (χ0n) is 10.3. The van der Waals surface area contributed by atoms with Gasteiger partial charge in [0.1, 0.15) is 0 Å². The van der Waals surface area contributed by atoms with Crippen molar-refractivity contribution in [2.45, 2.75) is 19.4 Å². The van der Waals surface area contributed by atoms with E-state index in [4.69, 9.17) is 11.5 Å². The Hall–Kier alpha value is -1.38. The Balaban J connectivity index is 2.34. The van der Waals surface area contributed by atoms with E-state index in [2.05, 4.69) is 49.4 Å². The second-order valence-electron chi connectivity index (χ2n) is 4.75. The Labute approximate surface area is 103 Å². The summed E-state index contributed by atoms with van der Waals surface area (Å²) in [5.41, 5.74) is 13.2. The topological polar surface area (TPSA) is 52.0 Å². The second kappa shape index (κ2) is 5.30. The maximum atomic E-state index is 6.28. The largest absolute Gasteiger partial charge is 0.330 e. The van der Waals surface area contributed by atoms with E-state index in [9.17, 15) is 0 Å². The van der Waals surface area contributed by atoms with Crippen molar-refractivity contribution in [1.29, 1.82) is 0 Å². The molecule has 0 aliphatic heterocycles. The van der Waals surface area contributed by atoms with E-state index in [1.807, 2.05) is 0 Å². The third-order valence-electron chi connectivity index (χ3n) is 3.28. The predicted octanol–water partition coefficient (Wildman–Crippen LogP) is 2.82. The second-order valence-corrected chi connectivity index (χ2v) is 4.75. The molecule has 0 bridgehead atoms. The van der Waals surface area contributed by atoms with Gasteiger partial charge in [0.15, 0.2) is 0 Å². The lowest BCUT2D eigenvalue weighted by Crippen LogP contribution is -2.19. The van der Waals surface area contributed by atoms with Crippen molar-refractivity contribution in [3.05, 3.63) is 48.0 Å². The fourth-order valence-corrected chi connectivity index (χ4v) is 2.23. The highest BCUT2D eigenvalue weighted by Crippen LogP contribution is 2.26. The van der Waals surface area contributed by atoms with Gasteiger partial charge in [0.05, 0.1) is 0 Å². The molecule has 2 aromatic carbocycles. The average molecular weight is 228 g/mol. The molecule has 90 valence electrons. The van der Waals surface area contributed by atoms with Gasteiger partial charge in [0.2, 0.25) is 0 Å². The molecule has 0 aromatic heterocycles. The van der Waals surface area contributed by atoms with Crippen LogP contribution in [-0.4, -0.2) is 6.54 Å². The molecule has 2 atom stereocenters. The Morgan fingerprint density at radius 2 is 1.76 bits per heavy atom. The van der Waals surface area contributed by atoms with Gasteiger partial charge in [-0.05, 0) is 35.2 Å². The summed E-state index contributed by atoms with van der Waals surface area (Å²) >= 11 is 0. The first kappa shape index (κ1) is 12.1. The van der Waals surface area contributed by atoms with Gasteiger partial charge in [-0.2, -0.15) is 0 Å². The number of rotatable bonds is 4. The molecule has 0 fully saturated rings. The molecule has 2 rings (SSSR count). The lowest BCUT2D eigenvalue weighted by Gasteiger charge is -2.18. The number of hydrogen-bond donors (Lipinski definition) is 2. The SMILES string of the molecule is CC(CN)CC(N)c1cccc2ccccc12. The molecule has 0 amide bonds. The number of fused-ring (bicyclic) bond motifs is 1. The molecule has 4 N–H and O–H groups in total. The van der Waals surface area contributed by atoms with Crippen molar-refractivity contribution in [2.75, 3.05) is 6.54 Å². The van der Waals surface area contributed by atoms with E-state index in [1.165, 1.54) is 16.3 Å².